The van der Waals surface area contributed by atoms with E-state index in [1.165, 1.54) is 18.2 Å². The first-order valence-electron chi connectivity index (χ1n) is 8.34. The van der Waals surface area contributed by atoms with Crippen LogP contribution in [0.1, 0.15) is 35.9 Å². The molecule has 0 saturated carbocycles. The van der Waals surface area contributed by atoms with Crippen LogP contribution in [0.15, 0.2) is 36.4 Å². The molecule has 0 bridgehead atoms. The van der Waals surface area contributed by atoms with E-state index in [2.05, 4.69) is 10.6 Å². The summed E-state index contributed by atoms with van der Waals surface area (Å²) in [4.78, 5) is 25.3. The molecule has 1 aliphatic heterocycles. The van der Waals surface area contributed by atoms with Gasteiger partial charge in [0.15, 0.2) is 6.23 Å². The fourth-order valence-corrected chi connectivity index (χ4v) is 2.95. The van der Waals surface area contributed by atoms with Crippen molar-refractivity contribution < 1.29 is 23.5 Å². The van der Waals surface area contributed by atoms with Crippen molar-refractivity contribution in [2.75, 3.05) is 11.9 Å². The maximum Gasteiger partial charge on any atom is 0.324 e. The molecule has 3 N–H and O–H groups in total. The first-order chi connectivity index (χ1) is 13.3. The van der Waals surface area contributed by atoms with E-state index < -0.39 is 42.4 Å². The molecule has 0 fully saturated rings. The van der Waals surface area contributed by atoms with Crippen molar-refractivity contribution in [3.05, 3.63) is 64.7 Å². The zero-order chi connectivity index (χ0) is 20.4. The number of hydrogen-bond acceptors (Lipinski definition) is 4. The lowest BCUT2D eigenvalue weighted by Crippen LogP contribution is -2.47. The lowest BCUT2D eigenvalue weighted by Gasteiger charge is -2.33. The molecule has 1 unspecified atom stereocenters. The number of aliphatic hydroxyl groups is 1. The Hall–Kier alpha value is -3.51. The van der Waals surface area contributed by atoms with Crippen LogP contribution in [0.3, 0.4) is 0 Å². The summed E-state index contributed by atoms with van der Waals surface area (Å²) in [6, 6.07) is 7.76. The number of aliphatic hydroxyl groups excluding tert-OH is 1. The van der Waals surface area contributed by atoms with Crippen LogP contribution in [0.2, 0.25) is 0 Å². The van der Waals surface area contributed by atoms with E-state index in [1.807, 2.05) is 6.07 Å². The molecule has 3 amide bonds. The molecule has 3 rings (SSSR count). The largest absolute Gasteiger partial charge is 0.369 e. The van der Waals surface area contributed by atoms with Crippen molar-refractivity contribution in [3.8, 4) is 6.07 Å². The minimum atomic E-state index is -1.51. The number of rotatable bonds is 4. The van der Waals surface area contributed by atoms with Gasteiger partial charge in [0, 0.05) is 11.1 Å². The molecule has 0 radical (unpaired) electrons. The minimum Gasteiger partial charge on any atom is -0.369 e. The van der Waals surface area contributed by atoms with Gasteiger partial charge in [-0.15, -0.1) is 0 Å². The van der Waals surface area contributed by atoms with Crippen LogP contribution in [0.25, 0.3) is 0 Å². The Balaban J connectivity index is 1.71. The Morgan fingerprint density at radius 1 is 1.36 bits per heavy atom. The molecule has 1 aliphatic rings. The highest BCUT2D eigenvalue weighted by Crippen LogP contribution is 2.31. The van der Waals surface area contributed by atoms with E-state index in [0.29, 0.717) is 0 Å². The molecular formula is C19H16F2N4O3. The average Bonchev–Trinajstić information content (AvgIpc) is 2.65. The Labute approximate surface area is 159 Å². The van der Waals surface area contributed by atoms with Gasteiger partial charge in [-0.05, 0) is 37.3 Å². The zero-order valence-electron chi connectivity index (χ0n) is 14.7. The summed E-state index contributed by atoms with van der Waals surface area (Å²) in [6.45, 7) is 1.02. The summed E-state index contributed by atoms with van der Waals surface area (Å²) in [5.41, 5.74) is 0.698. The third-order valence-corrected chi connectivity index (χ3v) is 4.38. The number of nitrogens with zero attached hydrogens (tertiary/aromatic N) is 2. The van der Waals surface area contributed by atoms with Gasteiger partial charge in [-0.3, -0.25) is 9.69 Å². The van der Waals surface area contributed by atoms with Gasteiger partial charge in [0.1, 0.15) is 18.2 Å². The van der Waals surface area contributed by atoms with Crippen LogP contribution in [0.5, 0.6) is 0 Å². The highest BCUT2D eigenvalue weighted by atomic mass is 19.1. The quantitative estimate of drug-likeness (QED) is 0.751. The molecule has 0 saturated heterocycles. The average molecular weight is 386 g/mol. The van der Waals surface area contributed by atoms with E-state index in [0.717, 1.165) is 23.1 Å². The molecule has 0 spiro atoms. The fraction of sp³-hybridized carbons (Fsp3) is 0.211. The van der Waals surface area contributed by atoms with Gasteiger partial charge in [-0.25, -0.2) is 13.6 Å². The molecule has 28 heavy (non-hydrogen) atoms. The van der Waals surface area contributed by atoms with E-state index >= 15 is 0 Å². The van der Waals surface area contributed by atoms with Crippen LogP contribution in [-0.2, 0) is 4.79 Å². The number of nitriles is 1. The first-order valence-corrected chi connectivity index (χ1v) is 8.34. The number of hydrogen-bond donors (Lipinski definition) is 3. The maximum atomic E-state index is 14.1. The highest BCUT2D eigenvalue weighted by molar-refractivity contribution is 5.95. The summed E-state index contributed by atoms with van der Waals surface area (Å²) in [6.07, 6.45) is -1.51. The predicted octanol–water partition coefficient (Wildman–Crippen LogP) is 2.55. The molecule has 2 atom stereocenters. The van der Waals surface area contributed by atoms with Crippen LogP contribution in [0, 0.1) is 23.0 Å². The number of nitrogens with one attached hydrogen (secondary N) is 2. The summed E-state index contributed by atoms with van der Waals surface area (Å²) in [7, 11) is 0. The molecule has 0 aliphatic carbocycles. The number of urea groups is 1. The van der Waals surface area contributed by atoms with Gasteiger partial charge in [0.25, 0.3) is 0 Å². The van der Waals surface area contributed by atoms with Crippen molar-refractivity contribution in [2.45, 2.75) is 19.2 Å². The lowest BCUT2D eigenvalue weighted by molar-refractivity contribution is -0.124. The van der Waals surface area contributed by atoms with E-state index in [-0.39, 0.29) is 22.4 Å². The minimum absolute atomic E-state index is 0.124. The number of fused-ring (bicyclic) bond motifs is 1. The number of carbonyl (C=O) groups is 2. The normalized spacial score (nSPS) is 16.6. The standard InChI is InChI=1S/C19H16F2N4O3/c1-10(13-4-2-11(8-22)6-15(13)21)23-17(26)9-25-18(27)14-7-12(20)3-5-16(14)24-19(25)28/h2-7,10,18,27H,9H2,1H3,(H,23,26)(H,24,28)/t10-,18?/m0/s1. The van der Waals surface area contributed by atoms with E-state index in [9.17, 15) is 23.5 Å². The molecule has 7 nitrogen and oxygen atoms in total. The zero-order valence-corrected chi connectivity index (χ0v) is 14.7. The van der Waals surface area contributed by atoms with Crippen molar-refractivity contribution >= 4 is 17.6 Å². The second-order valence-corrected chi connectivity index (χ2v) is 6.30. The number of amides is 3. The molecule has 144 valence electrons. The van der Waals surface area contributed by atoms with Crippen LogP contribution in [-0.4, -0.2) is 28.5 Å². The summed E-state index contributed by atoms with van der Waals surface area (Å²) in [5.74, 6) is -1.89. The van der Waals surface area contributed by atoms with Crippen LogP contribution >= 0.6 is 0 Å². The van der Waals surface area contributed by atoms with Gasteiger partial charge >= 0.3 is 6.03 Å². The van der Waals surface area contributed by atoms with Crippen molar-refractivity contribution in [2.24, 2.45) is 0 Å². The van der Waals surface area contributed by atoms with Crippen molar-refractivity contribution in [1.29, 1.82) is 5.26 Å². The number of halogens is 2. The van der Waals surface area contributed by atoms with Gasteiger partial charge in [-0.1, -0.05) is 6.07 Å². The predicted molar refractivity (Wildman–Crippen MR) is 94.8 cm³/mol. The second kappa shape index (κ2) is 7.62. The monoisotopic (exact) mass is 386 g/mol. The Bertz CT molecular complexity index is 990. The maximum absolute atomic E-state index is 14.1. The number of carbonyl (C=O) groups excluding carboxylic acids is 2. The molecule has 2 aromatic carbocycles. The molecule has 2 aromatic rings. The highest BCUT2D eigenvalue weighted by Gasteiger charge is 2.33. The molecule has 1 heterocycles. The smallest absolute Gasteiger partial charge is 0.324 e. The molecular weight excluding hydrogens is 370 g/mol. The Morgan fingerprint density at radius 3 is 2.79 bits per heavy atom. The lowest BCUT2D eigenvalue weighted by atomic mass is 10.1. The topological polar surface area (TPSA) is 105 Å². The SMILES string of the molecule is C[C@H](NC(=O)CN1C(=O)Nc2ccc(F)cc2C1O)c1ccc(C#N)cc1F. The van der Waals surface area contributed by atoms with Crippen molar-refractivity contribution in [3.63, 3.8) is 0 Å². The summed E-state index contributed by atoms with van der Waals surface area (Å²) >= 11 is 0. The van der Waals surface area contributed by atoms with Gasteiger partial charge in [-0.2, -0.15) is 5.26 Å². The van der Waals surface area contributed by atoms with Gasteiger partial charge in [0.2, 0.25) is 5.91 Å². The Morgan fingerprint density at radius 2 is 2.11 bits per heavy atom. The van der Waals surface area contributed by atoms with Crippen LogP contribution in [0.4, 0.5) is 19.3 Å². The second-order valence-electron chi connectivity index (χ2n) is 6.30. The first kappa shape index (κ1) is 19.3. The molecule has 0 aromatic heterocycles. The molecule has 9 heteroatoms. The van der Waals surface area contributed by atoms with Gasteiger partial charge in [0.05, 0.1) is 23.4 Å². The summed E-state index contributed by atoms with van der Waals surface area (Å²) < 4.78 is 27.5. The van der Waals surface area contributed by atoms with Crippen molar-refractivity contribution in [1.82, 2.24) is 10.2 Å². The fourth-order valence-electron chi connectivity index (χ4n) is 2.95. The van der Waals surface area contributed by atoms with E-state index in [4.69, 9.17) is 5.26 Å². The third-order valence-electron chi connectivity index (χ3n) is 4.38. The summed E-state index contributed by atoms with van der Waals surface area (Å²) in [5, 5.41) is 24.1. The number of anilines is 1. The third kappa shape index (κ3) is 3.77. The Kier molecular flexibility index (Phi) is 5.24. The van der Waals surface area contributed by atoms with Crippen LogP contribution < -0.4 is 10.6 Å². The van der Waals surface area contributed by atoms with E-state index in [1.54, 1.807) is 6.92 Å². The van der Waals surface area contributed by atoms with Gasteiger partial charge < -0.3 is 15.7 Å². The number of benzene rings is 2.